The van der Waals surface area contributed by atoms with Crippen molar-refractivity contribution in [1.82, 2.24) is 9.62 Å². The largest absolute Gasteiger partial charge is 0.496 e. The van der Waals surface area contributed by atoms with Crippen LogP contribution in [0.5, 0.6) is 5.75 Å². The second-order valence-electron chi connectivity index (χ2n) is 6.19. The van der Waals surface area contributed by atoms with E-state index in [9.17, 15) is 8.42 Å². The number of benzene rings is 1. The minimum absolute atomic E-state index is 0.231. The normalized spacial score (nSPS) is 18.9. The molecule has 1 saturated heterocycles. The molecule has 24 heavy (non-hydrogen) atoms. The van der Waals surface area contributed by atoms with Crippen LogP contribution in [0.15, 0.2) is 17.0 Å². The number of nitrogens with one attached hydrogen (secondary N) is 1. The Morgan fingerprint density at radius 1 is 1.25 bits per heavy atom. The molecule has 0 aliphatic carbocycles. The molecule has 1 aromatic carbocycles. The molecule has 2 rings (SSSR count). The van der Waals surface area contributed by atoms with Gasteiger partial charge in [0.1, 0.15) is 5.75 Å². The summed E-state index contributed by atoms with van der Waals surface area (Å²) in [6.45, 7) is 6.61. The molecule has 1 atom stereocenters. The van der Waals surface area contributed by atoms with Crippen LogP contribution in [-0.2, 0) is 14.8 Å². The van der Waals surface area contributed by atoms with Crippen LogP contribution in [0.3, 0.4) is 0 Å². The molecule has 1 fully saturated rings. The molecule has 0 radical (unpaired) electrons. The summed E-state index contributed by atoms with van der Waals surface area (Å²) < 4.78 is 38.5. The number of likely N-dealkylation sites (tertiary alicyclic amines) is 1. The van der Waals surface area contributed by atoms with Crippen LogP contribution in [0.2, 0.25) is 0 Å². The molecule has 1 aliphatic rings. The van der Waals surface area contributed by atoms with Gasteiger partial charge in [-0.25, -0.2) is 13.1 Å². The maximum atomic E-state index is 12.7. The van der Waals surface area contributed by atoms with Crippen molar-refractivity contribution in [2.75, 3.05) is 40.5 Å². The number of hydrogen-bond donors (Lipinski definition) is 1. The number of rotatable bonds is 8. The Balaban J connectivity index is 2.08. The van der Waals surface area contributed by atoms with Gasteiger partial charge in [0, 0.05) is 26.2 Å². The third kappa shape index (κ3) is 4.27. The van der Waals surface area contributed by atoms with E-state index in [1.165, 1.54) is 0 Å². The molecule has 136 valence electrons. The van der Waals surface area contributed by atoms with Crippen molar-refractivity contribution in [3.05, 3.63) is 23.3 Å². The third-order valence-corrected chi connectivity index (χ3v) is 6.36. The standard InChI is InChI=1S/C17H28N2O4S/c1-13-14(2)17(8-7-16(13)23-4)24(20,21)18-12-15-6-5-9-19(15)10-11-22-3/h7-8,15,18H,5-6,9-12H2,1-4H3/t15-/m0/s1. The Hall–Kier alpha value is -1.15. The summed E-state index contributed by atoms with van der Waals surface area (Å²) in [5.41, 5.74) is 1.58. The average molecular weight is 356 g/mol. The fourth-order valence-corrected chi connectivity index (χ4v) is 4.57. The van der Waals surface area contributed by atoms with Crippen LogP contribution < -0.4 is 9.46 Å². The smallest absolute Gasteiger partial charge is 0.240 e. The van der Waals surface area contributed by atoms with E-state index in [4.69, 9.17) is 9.47 Å². The van der Waals surface area contributed by atoms with E-state index in [1.54, 1.807) is 26.4 Å². The second kappa shape index (κ2) is 8.29. The van der Waals surface area contributed by atoms with Crippen molar-refractivity contribution in [2.45, 2.75) is 37.6 Å². The van der Waals surface area contributed by atoms with E-state index in [-0.39, 0.29) is 6.04 Å². The number of ether oxygens (including phenoxy) is 2. The van der Waals surface area contributed by atoms with E-state index in [0.29, 0.717) is 23.8 Å². The average Bonchev–Trinajstić information content (AvgIpc) is 3.00. The first kappa shape index (κ1) is 19.2. The fourth-order valence-electron chi connectivity index (χ4n) is 3.20. The molecule has 0 unspecified atom stereocenters. The van der Waals surface area contributed by atoms with Crippen molar-refractivity contribution in [2.24, 2.45) is 0 Å². The van der Waals surface area contributed by atoms with E-state index < -0.39 is 10.0 Å². The molecule has 0 amide bonds. The zero-order valence-corrected chi connectivity index (χ0v) is 15.8. The minimum Gasteiger partial charge on any atom is -0.496 e. The lowest BCUT2D eigenvalue weighted by atomic mass is 10.1. The lowest BCUT2D eigenvalue weighted by molar-refractivity contribution is 0.141. The zero-order valence-electron chi connectivity index (χ0n) is 15.0. The second-order valence-corrected chi connectivity index (χ2v) is 7.93. The van der Waals surface area contributed by atoms with E-state index in [2.05, 4.69) is 9.62 Å². The van der Waals surface area contributed by atoms with E-state index in [1.807, 2.05) is 13.8 Å². The molecule has 1 aromatic rings. The first-order valence-corrected chi connectivity index (χ1v) is 9.76. The van der Waals surface area contributed by atoms with Gasteiger partial charge in [-0.2, -0.15) is 0 Å². The maximum Gasteiger partial charge on any atom is 0.240 e. The molecule has 0 bridgehead atoms. The Labute approximate surface area is 145 Å². The van der Waals surface area contributed by atoms with Gasteiger partial charge in [0.2, 0.25) is 10.0 Å². The van der Waals surface area contributed by atoms with Crippen LogP contribution in [0.4, 0.5) is 0 Å². The van der Waals surface area contributed by atoms with E-state index in [0.717, 1.165) is 37.1 Å². The molecule has 1 aliphatic heterocycles. The van der Waals surface area contributed by atoms with Crippen LogP contribution in [-0.4, -0.2) is 59.8 Å². The van der Waals surface area contributed by atoms with E-state index >= 15 is 0 Å². The van der Waals surface area contributed by atoms with Gasteiger partial charge in [-0.15, -0.1) is 0 Å². The molecule has 0 spiro atoms. The summed E-state index contributed by atoms with van der Waals surface area (Å²) in [6.07, 6.45) is 2.10. The van der Waals surface area contributed by atoms with Crippen LogP contribution in [0, 0.1) is 13.8 Å². The Bertz CT molecular complexity index is 661. The van der Waals surface area contributed by atoms with Gasteiger partial charge in [-0.1, -0.05) is 0 Å². The monoisotopic (exact) mass is 356 g/mol. The number of methoxy groups -OCH3 is 2. The molecular formula is C17H28N2O4S. The highest BCUT2D eigenvalue weighted by Gasteiger charge is 2.27. The van der Waals surface area contributed by atoms with Gasteiger partial charge in [0.15, 0.2) is 0 Å². The molecule has 0 saturated carbocycles. The molecule has 0 aromatic heterocycles. The van der Waals surface area contributed by atoms with Crippen LogP contribution in [0.25, 0.3) is 0 Å². The van der Waals surface area contributed by atoms with Gasteiger partial charge in [0.25, 0.3) is 0 Å². The third-order valence-electron chi connectivity index (χ3n) is 4.79. The molecule has 1 N–H and O–H groups in total. The van der Waals surface area contributed by atoms with Gasteiger partial charge < -0.3 is 9.47 Å². The molecule has 6 nitrogen and oxygen atoms in total. The van der Waals surface area contributed by atoms with Crippen molar-refractivity contribution >= 4 is 10.0 Å². The van der Waals surface area contributed by atoms with Crippen molar-refractivity contribution in [3.63, 3.8) is 0 Å². The van der Waals surface area contributed by atoms with Gasteiger partial charge in [-0.05, 0) is 56.5 Å². The fraction of sp³-hybridized carbons (Fsp3) is 0.647. The molecular weight excluding hydrogens is 328 g/mol. The zero-order chi connectivity index (χ0) is 17.7. The molecule has 1 heterocycles. The highest BCUT2D eigenvalue weighted by atomic mass is 32.2. The number of sulfonamides is 1. The van der Waals surface area contributed by atoms with Gasteiger partial charge >= 0.3 is 0 Å². The summed E-state index contributed by atoms with van der Waals surface area (Å²) in [5, 5.41) is 0. The Morgan fingerprint density at radius 2 is 2.00 bits per heavy atom. The topological polar surface area (TPSA) is 67.9 Å². The molecule has 7 heteroatoms. The summed E-state index contributed by atoms with van der Waals surface area (Å²) in [7, 11) is -0.264. The van der Waals surface area contributed by atoms with Crippen LogP contribution >= 0.6 is 0 Å². The quantitative estimate of drug-likeness (QED) is 0.768. The van der Waals surface area contributed by atoms with Crippen LogP contribution in [0.1, 0.15) is 24.0 Å². The predicted octanol–water partition coefficient (Wildman–Crippen LogP) is 1.70. The van der Waals surface area contributed by atoms with Crippen molar-refractivity contribution in [3.8, 4) is 5.75 Å². The highest BCUT2D eigenvalue weighted by Crippen LogP contribution is 2.27. The summed E-state index contributed by atoms with van der Waals surface area (Å²) in [4.78, 5) is 2.61. The Morgan fingerprint density at radius 3 is 2.67 bits per heavy atom. The van der Waals surface area contributed by atoms with Gasteiger partial charge in [0.05, 0.1) is 18.6 Å². The number of nitrogens with zero attached hydrogens (tertiary/aromatic N) is 1. The SMILES string of the molecule is COCCN1CCC[C@H]1CNS(=O)(=O)c1ccc(OC)c(C)c1C. The van der Waals surface area contributed by atoms with Crippen molar-refractivity contribution < 1.29 is 17.9 Å². The lowest BCUT2D eigenvalue weighted by Crippen LogP contribution is -2.41. The first-order chi connectivity index (χ1) is 11.4. The first-order valence-electron chi connectivity index (χ1n) is 8.27. The minimum atomic E-state index is -3.53. The highest BCUT2D eigenvalue weighted by molar-refractivity contribution is 7.89. The summed E-state index contributed by atoms with van der Waals surface area (Å²) in [5.74, 6) is 0.702. The number of hydrogen-bond acceptors (Lipinski definition) is 5. The van der Waals surface area contributed by atoms with Crippen molar-refractivity contribution in [1.29, 1.82) is 0 Å². The lowest BCUT2D eigenvalue weighted by Gasteiger charge is -2.24. The summed E-state index contributed by atoms with van der Waals surface area (Å²) >= 11 is 0. The Kier molecular flexibility index (Phi) is 6.62. The summed E-state index contributed by atoms with van der Waals surface area (Å²) in [6, 6.07) is 3.55. The van der Waals surface area contributed by atoms with Gasteiger partial charge in [-0.3, -0.25) is 4.90 Å². The maximum absolute atomic E-state index is 12.7. The predicted molar refractivity (Wildman–Crippen MR) is 94.1 cm³/mol.